The number of hydrogen-bond donors (Lipinski definition) is 1. The number of ether oxygens (including phenoxy) is 2. The number of nitrogens with zero attached hydrogens (tertiary/aromatic N) is 1. The second kappa shape index (κ2) is 11.4. The number of thioether (sulfide) groups is 1. The maximum Gasteiger partial charge on any atom is 0.344 e. The number of aliphatic hydroxyl groups is 1. The number of hydrogen-bond acceptors (Lipinski definition) is 6. The van der Waals surface area contributed by atoms with Crippen molar-refractivity contribution in [3.63, 3.8) is 0 Å². The van der Waals surface area contributed by atoms with Gasteiger partial charge in [0.1, 0.15) is 22.1 Å². The molecule has 0 spiro atoms. The van der Waals surface area contributed by atoms with Crippen molar-refractivity contribution in [3.05, 3.63) is 80.5 Å². The molecule has 7 heteroatoms. The quantitative estimate of drug-likeness (QED) is 0.442. The molecule has 35 heavy (non-hydrogen) atoms. The van der Waals surface area contributed by atoms with Crippen molar-refractivity contribution in [3.8, 4) is 5.75 Å². The molecule has 0 atom stereocenters. The highest BCUT2D eigenvalue weighted by Crippen LogP contribution is 2.40. The maximum atomic E-state index is 12.8. The van der Waals surface area contributed by atoms with E-state index in [1.165, 1.54) is 0 Å². The molecule has 0 aromatic heterocycles. The van der Waals surface area contributed by atoms with Crippen LogP contribution in [0.25, 0.3) is 6.08 Å². The van der Waals surface area contributed by atoms with Gasteiger partial charge in [-0.15, -0.1) is 0 Å². The van der Waals surface area contributed by atoms with Crippen molar-refractivity contribution in [2.45, 2.75) is 47.5 Å². The van der Waals surface area contributed by atoms with E-state index in [1.807, 2.05) is 45.0 Å². The molecule has 1 aliphatic heterocycles. The van der Waals surface area contributed by atoms with Crippen LogP contribution in [0, 0.1) is 13.8 Å². The minimum absolute atomic E-state index is 0.101. The van der Waals surface area contributed by atoms with Gasteiger partial charge in [0.05, 0.1) is 18.1 Å². The molecule has 0 saturated carbocycles. The van der Waals surface area contributed by atoms with E-state index < -0.39 is 11.9 Å². The first kappa shape index (κ1) is 26.3. The predicted octanol–water partition coefficient (Wildman–Crippen LogP) is 6.53. The van der Waals surface area contributed by atoms with E-state index in [0.29, 0.717) is 17.1 Å². The van der Waals surface area contributed by atoms with E-state index in [-0.39, 0.29) is 28.9 Å². The molecular weight excluding hydrogens is 462 g/mol. The number of aliphatic imine (C=N–C) groups is 1. The Balaban J connectivity index is 2.07. The van der Waals surface area contributed by atoms with E-state index in [9.17, 15) is 14.7 Å². The number of carbonyl (C=O) groups excluding carboxylic acids is 2. The number of rotatable bonds is 7. The molecule has 2 aromatic carbocycles. The lowest BCUT2D eigenvalue weighted by molar-refractivity contribution is -0.138. The summed E-state index contributed by atoms with van der Waals surface area (Å²) in [4.78, 5) is 30.0. The Kier molecular flexibility index (Phi) is 8.57. The fourth-order valence-electron chi connectivity index (χ4n) is 3.59. The van der Waals surface area contributed by atoms with Crippen molar-refractivity contribution in [1.82, 2.24) is 0 Å². The summed E-state index contributed by atoms with van der Waals surface area (Å²) in [7, 11) is 0. The first-order chi connectivity index (χ1) is 16.7. The molecule has 1 N–H and O–H groups in total. The molecule has 0 aliphatic carbocycles. The summed E-state index contributed by atoms with van der Waals surface area (Å²) in [6.45, 7) is 12.4. The summed E-state index contributed by atoms with van der Waals surface area (Å²) in [6, 6.07) is 11.0. The first-order valence-electron chi connectivity index (χ1n) is 11.6. The summed E-state index contributed by atoms with van der Waals surface area (Å²) in [6.07, 6.45) is 1.80. The number of amides is 1. The molecule has 0 radical (unpaired) electrons. The second-order valence-corrected chi connectivity index (χ2v) is 9.51. The number of aryl methyl sites for hydroxylation is 2. The Hall–Kier alpha value is -3.32. The normalized spacial score (nSPS) is 15.9. The topological polar surface area (TPSA) is 85.2 Å². The van der Waals surface area contributed by atoms with E-state index in [4.69, 9.17) is 9.47 Å². The van der Waals surface area contributed by atoms with E-state index in [2.05, 4.69) is 18.8 Å². The van der Waals surface area contributed by atoms with Gasteiger partial charge in [-0.2, -0.15) is 0 Å². The molecule has 3 rings (SSSR count). The molecule has 184 valence electrons. The Bertz CT molecular complexity index is 1220. The van der Waals surface area contributed by atoms with Gasteiger partial charge in [0, 0.05) is 5.56 Å². The highest BCUT2D eigenvalue weighted by Gasteiger charge is 2.34. The van der Waals surface area contributed by atoms with Gasteiger partial charge >= 0.3 is 5.97 Å². The standard InChI is InChI=1S/C28H31NO5S/c1-7-33-22-13-18(6)20(14-21(22)16(3)4)15-23-25(30)24(28(32)34-8-2)27(35-23)29-26(31)19-11-9-17(5)10-12-19/h9-16,30H,7-8H2,1-6H3/b23-15-,29-27?. The molecule has 0 saturated heterocycles. The zero-order chi connectivity index (χ0) is 25.7. The maximum absolute atomic E-state index is 12.8. The summed E-state index contributed by atoms with van der Waals surface area (Å²) < 4.78 is 10.9. The van der Waals surface area contributed by atoms with Crippen LogP contribution in [0.3, 0.4) is 0 Å². The average molecular weight is 494 g/mol. The molecule has 0 fully saturated rings. The highest BCUT2D eigenvalue weighted by atomic mass is 32.2. The summed E-state index contributed by atoms with van der Waals surface area (Å²) in [5, 5.41) is 11.1. The smallest absolute Gasteiger partial charge is 0.344 e. The van der Waals surface area contributed by atoms with Crippen molar-refractivity contribution in [2.24, 2.45) is 4.99 Å². The van der Waals surface area contributed by atoms with E-state index >= 15 is 0 Å². The van der Waals surface area contributed by atoms with Gasteiger partial charge in [0.2, 0.25) is 0 Å². The third-order valence-corrected chi connectivity index (χ3v) is 6.50. The van der Waals surface area contributed by atoms with Crippen LogP contribution in [-0.4, -0.2) is 35.2 Å². The molecule has 1 aliphatic rings. The zero-order valence-corrected chi connectivity index (χ0v) is 21.8. The molecule has 2 aromatic rings. The van der Waals surface area contributed by atoms with Gasteiger partial charge in [0.15, 0.2) is 0 Å². The third-order valence-electron chi connectivity index (χ3n) is 5.48. The van der Waals surface area contributed by atoms with Crippen molar-refractivity contribution < 1.29 is 24.2 Å². The van der Waals surface area contributed by atoms with E-state index in [0.717, 1.165) is 39.8 Å². The molecule has 1 amide bonds. The summed E-state index contributed by atoms with van der Waals surface area (Å²) in [5.74, 6) is -0.401. The van der Waals surface area contributed by atoms with Crippen molar-refractivity contribution in [1.29, 1.82) is 0 Å². The first-order valence-corrected chi connectivity index (χ1v) is 12.5. The van der Waals surface area contributed by atoms with Crippen LogP contribution >= 0.6 is 11.8 Å². The Morgan fingerprint density at radius 2 is 1.77 bits per heavy atom. The molecular formula is C28H31NO5S. The van der Waals surface area contributed by atoms with Gasteiger partial charge in [-0.1, -0.05) is 43.3 Å². The van der Waals surface area contributed by atoms with Crippen LogP contribution in [-0.2, 0) is 9.53 Å². The lowest BCUT2D eigenvalue weighted by atomic mass is 9.96. The number of benzene rings is 2. The van der Waals surface area contributed by atoms with E-state index in [1.54, 1.807) is 25.1 Å². The second-order valence-electron chi connectivity index (χ2n) is 8.48. The minimum atomic E-state index is -0.720. The minimum Gasteiger partial charge on any atom is -0.506 e. The van der Waals surface area contributed by atoms with Crippen LogP contribution in [0.4, 0.5) is 0 Å². The van der Waals surface area contributed by atoms with Gasteiger partial charge in [-0.3, -0.25) is 4.79 Å². The van der Waals surface area contributed by atoms with Gasteiger partial charge in [-0.25, -0.2) is 9.79 Å². The highest BCUT2D eigenvalue weighted by molar-refractivity contribution is 8.18. The summed E-state index contributed by atoms with van der Waals surface area (Å²) in [5.41, 5.74) is 4.19. The third kappa shape index (κ3) is 6.03. The molecule has 0 bridgehead atoms. The number of aliphatic hydroxyl groups excluding tert-OH is 1. The van der Waals surface area contributed by atoms with Crippen molar-refractivity contribution >= 4 is 34.8 Å². The molecule has 1 heterocycles. The number of esters is 1. The lowest BCUT2D eigenvalue weighted by Crippen LogP contribution is -2.14. The molecule has 6 nitrogen and oxygen atoms in total. The van der Waals surface area contributed by atoms with Gasteiger partial charge < -0.3 is 14.6 Å². The largest absolute Gasteiger partial charge is 0.506 e. The Morgan fingerprint density at radius 3 is 2.37 bits per heavy atom. The Labute approximate surface area is 210 Å². The van der Waals surface area contributed by atoms with Crippen molar-refractivity contribution in [2.75, 3.05) is 13.2 Å². The van der Waals surface area contributed by atoms with Crippen LogP contribution in [0.15, 0.2) is 57.6 Å². The number of carbonyl (C=O) groups is 2. The van der Waals surface area contributed by atoms with Crippen LogP contribution in [0.2, 0.25) is 0 Å². The fraction of sp³-hybridized carbons (Fsp3) is 0.321. The van der Waals surface area contributed by atoms with Crippen LogP contribution in [0.1, 0.15) is 66.2 Å². The van der Waals surface area contributed by atoms with Crippen LogP contribution < -0.4 is 4.74 Å². The van der Waals surface area contributed by atoms with Crippen LogP contribution in [0.5, 0.6) is 5.75 Å². The predicted molar refractivity (Wildman–Crippen MR) is 141 cm³/mol. The molecule has 0 unspecified atom stereocenters. The Morgan fingerprint density at radius 1 is 1.09 bits per heavy atom. The average Bonchev–Trinajstić information content (AvgIpc) is 3.10. The fourth-order valence-corrected chi connectivity index (χ4v) is 4.59. The monoisotopic (exact) mass is 493 g/mol. The SMILES string of the molecule is CCOC(=O)C1=C(O)/C(=C/c2cc(C(C)C)c(OCC)cc2C)SC1=NC(=O)c1ccc(C)cc1. The van der Waals surface area contributed by atoms with Gasteiger partial charge in [0.25, 0.3) is 5.91 Å². The van der Waals surface area contributed by atoms with Gasteiger partial charge in [-0.05, 0) is 80.6 Å². The lowest BCUT2D eigenvalue weighted by Gasteiger charge is -2.16. The summed E-state index contributed by atoms with van der Waals surface area (Å²) >= 11 is 1.07. The zero-order valence-electron chi connectivity index (χ0n) is 21.0.